The summed E-state index contributed by atoms with van der Waals surface area (Å²) in [7, 11) is 0. The molecule has 4 nitrogen and oxygen atoms in total. The number of hydrogen-bond acceptors (Lipinski definition) is 4. The molecule has 1 amide bonds. The summed E-state index contributed by atoms with van der Waals surface area (Å²) in [4.78, 5) is 17.9. The van der Waals surface area contributed by atoms with E-state index in [0.717, 1.165) is 30.2 Å². The van der Waals surface area contributed by atoms with Crippen LogP contribution in [-0.4, -0.2) is 23.5 Å². The van der Waals surface area contributed by atoms with Gasteiger partial charge in [0.2, 0.25) is 0 Å². The Balaban J connectivity index is 1.51. The molecular weight excluding hydrogens is 406 g/mol. The van der Waals surface area contributed by atoms with Crippen molar-refractivity contribution in [1.29, 1.82) is 0 Å². The number of halogens is 4. The number of benzene rings is 1. The number of hydrogen-bond donors (Lipinski definition) is 2. The first kappa shape index (κ1) is 21.5. The zero-order valence-electron chi connectivity index (χ0n) is 16.2. The molecule has 2 N–H and O–H groups in total. The van der Waals surface area contributed by atoms with E-state index in [9.17, 15) is 22.4 Å². The molecule has 0 aliphatic heterocycles. The fraction of sp³-hybridized carbons (Fsp3) is 0.500. The van der Waals surface area contributed by atoms with Gasteiger partial charge in [-0.3, -0.25) is 4.79 Å². The van der Waals surface area contributed by atoms with Crippen LogP contribution in [0.25, 0.3) is 0 Å². The van der Waals surface area contributed by atoms with Crippen LogP contribution in [-0.2, 0) is 6.18 Å². The number of alkyl halides is 3. The van der Waals surface area contributed by atoms with Gasteiger partial charge in [0.15, 0.2) is 5.13 Å². The fourth-order valence-corrected chi connectivity index (χ4v) is 4.25. The van der Waals surface area contributed by atoms with E-state index in [1.807, 2.05) is 13.8 Å². The van der Waals surface area contributed by atoms with Gasteiger partial charge in [0.1, 0.15) is 5.82 Å². The number of anilines is 1. The molecule has 1 aromatic heterocycles. The monoisotopic (exact) mass is 429 g/mol. The minimum atomic E-state index is -4.62. The van der Waals surface area contributed by atoms with Crippen LogP contribution in [0.15, 0.2) is 18.2 Å². The van der Waals surface area contributed by atoms with Crippen LogP contribution >= 0.6 is 11.3 Å². The average molecular weight is 429 g/mol. The van der Waals surface area contributed by atoms with Crippen molar-refractivity contribution < 1.29 is 22.4 Å². The highest BCUT2D eigenvalue weighted by Gasteiger charge is 2.32. The third-order valence-electron chi connectivity index (χ3n) is 5.29. The fourth-order valence-electron chi connectivity index (χ4n) is 3.43. The third-order valence-corrected chi connectivity index (χ3v) is 6.32. The van der Waals surface area contributed by atoms with E-state index < -0.39 is 29.0 Å². The predicted molar refractivity (Wildman–Crippen MR) is 105 cm³/mol. The van der Waals surface area contributed by atoms with Crippen molar-refractivity contribution in [2.45, 2.75) is 51.7 Å². The Hall–Kier alpha value is -2.16. The number of amides is 1. The van der Waals surface area contributed by atoms with Gasteiger partial charge in [-0.25, -0.2) is 9.37 Å². The molecule has 0 saturated heterocycles. The topological polar surface area (TPSA) is 54.0 Å². The SMILES string of the molecule is Cc1nc(NC[C@H]2CC[C@H](NC(=O)c3cc(C(F)(F)F)ccc3F)CC2)sc1C. The first-order chi connectivity index (χ1) is 13.6. The molecule has 0 spiro atoms. The van der Waals surface area contributed by atoms with Gasteiger partial charge in [0.05, 0.1) is 16.8 Å². The second kappa shape index (κ2) is 8.69. The molecule has 0 radical (unpaired) electrons. The molecule has 1 aliphatic carbocycles. The molecule has 1 fully saturated rings. The molecule has 1 aromatic carbocycles. The second-order valence-electron chi connectivity index (χ2n) is 7.43. The number of rotatable bonds is 5. The molecule has 1 aliphatic rings. The molecule has 1 saturated carbocycles. The number of nitrogens with one attached hydrogen (secondary N) is 2. The van der Waals surface area contributed by atoms with Gasteiger partial charge >= 0.3 is 6.18 Å². The van der Waals surface area contributed by atoms with Gasteiger partial charge in [-0.1, -0.05) is 0 Å². The molecule has 0 bridgehead atoms. The highest BCUT2D eigenvalue weighted by atomic mass is 32.1. The second-order valence-corrected chi connectivity index (χ2v) is 8.63. The Morgan fingerprint density at radius 1 is 1.21 bits per heavy atom. The van der Waals surface area contributed by atoms with Crippen LogP contribution in [0.5, 0.6) is 0 Å². The van der Waals surface area contributed by atoms with E-state index in [2.05, 4.69) is 15.6 Å². The van der Waals surface area contributed by atoms with Crippen LogP contribution in [0.4, 0.5) is 22.7 Å². The van der Waals surface area contributed by atoms with E-state index in [4.69, 9.17) is 0 Å². The van der Waals surface area contributed by atoms with E-state index >= 15 is 0 Å². The zero-order valence-corrected chi connectivity index (χ0v) is 17.0. The summed E-state index contributed by atoms with van der Waals surface area (Å²) in [5.41, 5.74) is -0.588. The Kier molecular flexibility index (Phi) is 6.45. The number of carbonyl (C=O) groups excluding carboxylic acids is 1. The quantitative estimate of drug-likeness (QED) is 0.633. The van der Waals surface area contributed by atoms with Gasteiger partial charge in [-0.15, -0.1) is 11.3 Å². The van der Waals surface area contributed by atoms with Crippen molar-refractivity contribution in [3.05, 3.63) is 45.7 Å². The zero-order chi connectivity index (χ0) is 21.2. The maximum Gasteiger partial charge on any atom is 0.416 e. The summed E-state index contributed by atoms with van der Waals surface area (Å²) in [6.45, 7) is 4.78. The van der Waals surface area contributed by atoms with Gasteiger partial charge in [0.25, 0.3) is 5.91 Å². The summed E-state index contributed by atoms with van der Waals surface area (Å²) in [6.07, 6.45) is -1.48. The van der Waals surface area contributed by atoms with E-state index in [-0.39, 0.29) is 6.04 Å². The number of aromatic nitrogens is 1. The predicted octanol–water partition coefficient (Wildman–Crippen LogP) is 5.32. The van der Waals surface area contributed by atoms with Crippen LogP contribution in [0.1, 0.15) is 52.2 Å². The molecule has 29 heavy (non-hydrogen) atoms. The first-order valence-corrected chi connectivity index (χ1v) is 10.3. The highest BCUT2D eigenvalue weighted by Crippen LogP contribution is 2.31. The smallest absolute Gasteiger partial charge is 0.361 e. The lowest BCUT2D eigenvalue weighted by Crippen LogP contribution is -2.39. The standard InChI is InChI=1S/C20H23F4N3OS/c1-11-12(2)29-19(26-11)25-10-13-3-6-15(7-4-13)27-18(28)16-9-14(20(22,23)24)5-8-17(16)21/h5,8-9,13,15H,3-4,6-7,10H2,1-2H3,(H,25,26)(H,27,28)/t13-,15-. The average Bonchev–Trinajstić information content (AvgIpc) is 2.98. The molecule has 1 heterocycles. The Bertz CT molecular complexity index is 854. The Morgan fingerprint density at radius 3 is 2.48 bits per heavy atom. The van der Waals surface area contributed by atoms with E-state index in [0.29, 0.717) is 37.0 Å². The van der Waals surface area contributed by atoms with Gasteiger partial charge in [0, 0.05) is 17.5 Å². The molecule has 0 unspecified atom stereocenters. The lowest BCUT2D eigenvalue weighted by Gasteiger charge is -2.29. The highest BCUT2D eigenvalue weighted by molar-refractivity contribution is 7.15. The van der Waals surface area contributed by atoms with Crippen LogP contribution in [0, 0.1) is 25.6 Å². The first-order valence-electron chi connectivity index (χ1n) is 9.49. The molecular formula is C20H23F4N3OS. The van der Waals surface area contributed by atoms with E-state index in [1.165, 1.54) is 4.88 Å². The number of carbonyl (C=O) groups is 1. The van der Waals surface area contributed by atoms with Crippen molar-refractivity contribution in [1.82, 2.24) is 10.3 Å². The molecule has 9 heteroatoms. The molecule has 3 rings (SSSR count). The maximum atomic E-state index is 13.9. The minimum absolute atomic E-state index is 0.169. The van der Waals surface area contributed by atoms with Crippen LogP contribution in [0.2, 0.25) is 0 Å². The number of aryl methyl sites for hydroxylation is 2. The van der Waals surface area contributed by atoms with Gasteiger partial charge < -0.3 is 10.6 Å². The van der Waals surface area contributed by atoms with Crippen molar-refractivity contribution in [2.75, 3.05) is 11.9 Å². The Morgan fingerprint density at radius 2 is 1.90 bits per heavy atom. The summed E-state index contributed by atoms with van der Waals surface area (Å²) >= 11 is 1.62. The van der Waals surface area contributed by atoms with Crippen molar-refractivity contribution in [2.24, 2.45) is 5.92 Å². The lowest BCUT2D eigenvalue weighted by atomic mass is 9.86. The summed E-state index contributed by atoms with van der Waals surface area (Å²) in [6, 6.07) is 1.72. The summed E-state index contributed by atoms with van der Waals surface area (Å²) in [5.74, 6) is -1.33. The number of nitrogens with zero attached hydrogens (tertiary/aromatic N) is 1. The molecule has 158 valence electrons. The molecule has 2 aromatic rings. The third kappa shape index (κ3) is 5.46. The minimum Gasteiger partial charge on any atom is -0.361 e. The molecule has 0 atom stereocenters. The summed E-state index contributed by atoms with van der Waals surface area (Å²) in [5, 5.41) is 6.93. The lowest BCUT2D eigenvalue weighted by molar-refractivity contribution is -0.137. The van der Waals surface area contributed by atoms with E-state index in [1.54, 1.807) is 11.3 Å². The van der Waals surface area contributed by atoms with Crippen molar-refractivity contribution in [3.63, 3.8) is 0 Å². The Labute approximate surface area is 170 Å². The maximum absolute atomic E-state index is 13.9. The summed E-state index contributed by atoms with van der Waals surface area (Å²) < 4.78 is 52.3. The van der Waals surface area contributed by atoms with Gasteiger partial charge in [-0.2, -0.15) is 13.2 Å². The largest absolute Gasteiger partial charge is 0.416 e. The number of thiazole rings is 1. The van der Waals surface area contributed by atoms with Crippen LogP contribution < -0.4 is 10.6 Å². The van der Waals surface area contributed by atoms with Crippen LogP contribution in [0.3, 0.4) is 0 Å². The van der Waals surface area contributed by atoms with Gasteiger partial charge in [-0.05, 0) is 63.6 Å². The normalized spacial score (nSPS) is 19.8. The van der Waals surface area contributed by atoms with Crippen molar-refractivity contribution >= 4 is 22.4 Å². The van der Waals surface area contributed by atoms with Crippen molar-refractivity contribution in [3.8, 4) is 0 Å².